The van der Waals surface area contributed by atoms with Gasteiger partial charge in [-0.3, -0.25) is 0 Å². The van der Waals surface area contributed by atoms with E-state index in [2.05, 4.69) is 9.97 Å². The van der Waals surface area contributed by atoms with E-state index in [0.29, 0.717) is 11.4 Å². The van der Waals surface area contributed by atoms with Crippen LogP contribution in [0.25, 0.3) is 0 Å². The van der Waals surface area contributed by atoms with Crippen LogP contribution in [0.1, 0.15) is 11.4 Å². The molecule has 6 N–H and O–H groups in total. The van der Waals surface area contributed by atoms with E-state index in [1.807, 2.05) is 0 Å². The largest absolute Gasteiger partial charge is 0.381 e. The fraction of sp³-hybridized carbons (Fsp3) is 0.333. The highest BCUT2D eigenvalue weighted by Gasteiger charge is 2.07. The number of anilines is 1. The lowest BCUT2D eigenvalue weighted by Crippen LogP contribution is -2.12. The van der Waals surface area contributed by atoms with Crippen molar-refractivity contribution in [2.45, 2.75) is 13.1 Å². The second-order valence-corrected chi connectivity index (χ2v) is 2.56. The molecule has 0 radical (unpaired) electrons. The molecule has 0 spiro atoms. The smallest absolute Gasteiger partial charge is 0.171 e. The standard InChI is InChI=1S/C6H10ClN5/c7-5-6(10)12-4(2-9)3(1-8)11-5/h1-2,8-9H2,(H2,10,12). The van der Waals surface area contributed by atoms with Crippen molar-refractivity contribution in [3.05, 3.63) is 16.5 Å². The molecule has 6 heteroatoms. The summed E-state index contributed by atoms with van der Waals surface area (Å²) in [4.78, 5) is 7.88. The highest BCUT2D eigenvalue weighted by Crippen LogP contribution is 2.15. The van der Waals surface area contributed by atoms with Crippen molar-refractivity contribution in [2.75, 3.05) is 5.73 Å². The Balaban J connectivity index is 3.19. The fourth-order valence-corrected chi connectivity index (χ4v) is 0.968. The van der Waals surface area contributed by atoms with Crippen LogP contribution in [0.5, 0.6) is 0 Å². The summed E-state index contributed by atoms with van der Waals surface area (Å²) >= 11 is 5.63. The number of nitrogens with two attached hydrogens (primary N) is 3. The van der Waals surface area contributed by atoms with Crippen LogP contribution in [0.15, 0.2) is 0 Å². The Hall–Kier alpha value is -0.910. The summed E-state index contributed by atoms with van der Waals surface area (Å²) in [6.45, 7) is 0.528. The molecule has 0 aromatic carbocycles. The Bertz CT molecular complexity index is 259. The van der Waals surface area contributed by atoms with Gasteiger partial charge in [-0.2, -0.15) is 0 Å². The van der Waals surface area contributed by atoms with Gasteiger partial charge < -0.3 is 17.2 Å². The summed E-state index contributed by atoms with van der Waals surface area (Å²) in [6, 6.07) is 0. The predicted octanol–water partition coefficient (Wildman–Crippen LogP) is -0.370. The van der Waals surface area contributed by atoms with Crippen LogP contribution in [0.4, 0.5) is 5.82 Å². The van der Waals surface area contributed by atoms with Gasteiger partial charge in [-0.05, 0) is 0 Å². The zero-order chi connectivity index (χ0) is 9.14. The average Bonchev–Trinajstić information content (AvgIpc) is 2.09. The lowest BCUT2D eigenvalue weighted by atomic mass is 10.3. The lowest BCUT2D eigenvalue weighted by Gasteiger charge is -2.05. The fourth-order valence-electron chi connectivity index (χ4n) is 0.823. The van der Waals surface area contributed by atoms with Gasteiger partial charge in [0.15, 0.2) is 11.0 Å². The molecule has 0 aliphatic rings. The maximum absolute atomic E-state index is 5.63. The van der Waals surface area contributed by atoms with Crippen molar-refractivity contribution >= 4 is 17.4 Å². The first-order valence-electron chi connectivity index (χ1n) is 3.40. The van der Waals surface area contributed by atoms with E-state index < -0.39 is 0 Å². The maximum Gasteiger partial charge on any atom is 0.171 e. The number of nitrogen functional groups attached to an aromatic ring is 1. The molecule has 12 heavy (non-hydrogen) atoms. The van der Waals surface area contributed by atoms with Crippen LogP contribution in [-0.2, 0) is 13.1 Å². The first-order chi connectivity index (χ1) is 5.69. The highest BCUT2D eigenvalue weighted by molar-refractivity contribution is 6.31. The molecule has 0 amide bonds. The number of rotatable bonds is 2. The Morgan fingerprint density at radius 2 is 1.58 bits per heavy atom. The summed E-state index contributed by atoms with van der Waals surface area (Å²) < 4.78 is 0. The quantitative estimate of drug-likeness (QED) is 0.586. The van der Waals surface area contributed by atoms with Crippen molar-refractivity contribution in [1.29, 1.82) is 0 Å². The van der Waals surface area contributed by atoms with Gasteiger partial charge in [0.1, 0.15) is 0 Å². The molecule has 1 aromatic heterocycles. The molecule has 0 saturated carbocycles. The van der Waals surface area contributed by atoms with Gasteiger partial charge in [-0.1, -0.05) is 11.6 Å². The molecule has 1 heterocycles. The number of aromatic nitrogens is 2. The van der Waals surface area contributed by atoms with Gasteiger partial charge in [0.05, 0.1) is 11.4 Å². The highest BCUT2D eigenvalue weighted by atomic mass is 35.5. The monoisotopic (exact) mass is 187 g/mol. The molecular weight excluding hydrogens is 178 g/mol. The van der Waals surface area contributed by atoms with Crippen molar-refractivity contribution in [3.8, 4) is 0 Å². The minimum Gasteiger partial charge on any atom is -0.381 e. The van der Waals surface area contributed by atoms with Crippen molar-refractivity contribution in [2.24, 2.45) is 11.5 Å². The molecule has 1 rings (SSSR count). The van der Waals surface area contributed by atoms with Gasteiger partial charge in [0.25, 0.3) is 0 Å². The Labute approximate surface area is 74.9 Å². The molecule has 0 fully saturated rings. The van der Waals surface area contributed by atoms with Gasteiger partial charge in [-0.15, -0.1) is 0 Å². The minimum atomic E-state index is 0.174. The summed E-state index contributed by atoms with van der Waals surface area (Å²) in [5.41, 5.74) is 17.4. The van der Waals surface area contributed by atoms with Gasteiger partial charge in [0.2, 0.25) is 0 Å². The van der Waals surface area contributed by atoms with Crippen molar-refractivity contribution < 1.29 is 0 Å². The summed E-state index contributed by atoms with van der Waals surface area (Å²) in [7, 11) is 0. The Kier molecular flexibility index (Phi) is 2.80. The van der Waals surface area contributed by atoms with Gasteiger partial charge in [-0.25, -0.2) is 9.97 Å². The zero-order valence-electron chi connectivity index (χ0n) is 6.42. The number of hydrogen-bond donors (Lipinski definition) is 3. The third-order valence-electron chi connectivity index (χ3n) is 1.42. The van der Waals surface area contributed by atoms with E-state index in [9.17, 15) is 0 Å². The SMILES string of the molecule is NCc1nc(N)c(Cl)nc1CN. The second-order valence-electron chi connectivity index (χ2n) is 2.20. The summed E-state index contributed by atoms with van der Waals surface area (Å²) in [6.07, 6.45) is 0. The summed E-state index contributed by atoms with van der Waals surface area (Å²) in [5, 5.41) is 0.174. The first-order valence-corrected chi connectivity index (χ1v) is 3.77. The average molecular weight is 188 g/mol. The van der Waals surface area contributed by atoms with Crippen LogP contribution in [0, 0.1) is 0 Å². The number of halogens is 1. The van der Waals surface area contributed by atoms with Crippen molar-refractivity contribution in [1.82, 2.24) is 9.97 Å². The van der Waals surface area contributed by atoms with E-state index in [-0.39, 0.29) is 24.1 Å². The van der Waals surface area contributed by atoms with Crippen LogP contribution >= 0.6 is 11.6 Å². The van der Waals surface area contributed by atoms with Crippen LogP contribution < -0.4 is 17.2 Å². The number of hydrogen-bond acceptors (Lipinski definition) is 5. The second kappa shape index (κ2) is 3.66. The third kappa shape index (κ3) is 1.63. The lowest BCUT2D eigenvalue weighted by molar-refractivity contribution is 0.874. The van der Waals surface area contributed by atoms with E-state index in [0.717, 1.165) is 0 Å². The molecule has 1 aromatic rings. The zero-order valence-corrected chi connectivity index (χ0v) is 7.17. The van der Waals surface area contributed by atoms with Gasteiger partial charge in [0, 0.05) is 13.1 Å². The Morgan fingerprint density at radius 1 is 1.08 bits per heavy atom. The predicted molar refractivity (Wildman–Crippen MR) is 47.2 cm³/mol. The first kappa shape index (κ1) is 9.18. The molecule has 66 valence electrons. The molecule has 0 aliphatic carbocycles. The van der Waals surface area contributed by atoms with E-state index in [4.69, 9.17) is 28.8 Å². The minimum absolute atomic E-state index is 0.174. The molecule has 0 aliphatic heterocycles. The van der Waals surface area contributed by atoms with Crippen molar-refractivity contribution in [3.63, 3.8) is 0 Å². The Morgan fingerprint density at radius 3 is 2.08 bits per heavy atom. The van der Waals surface area contributed by atoms with Gasteiger partial charge >= 0.3 is 0 Å². The topological polar surface area (TPSA) is 104 Å². The van der Waals surface area contributed by atoms with E-state index in [1.54, 1.807) is 0 Å². The van der Waals surface area contributed by atoms with E-state index in [1.165, 1.54) is 0 Å². The van der Waals surface area contributed by atoms with Crippen LogP contribution in [0.2, 0.25) is 5.15 Å². The molecule has 0 saturated heterocycles. The normalized spacial score (nSPS) is 10.2. The molecule has 0 unspecified atom stereocenters. The third-order valence-corrected chi connectivity index (χ3v) is 1.70. The number of nitrogens with zero attached hydrogens (tertiary/aromatic N) is 2. The molecule has 0 bridgehead atoms. The maximum atomic E-state index is 5.63. The molecular formula is C6H10ClN5. The van der Waals surface area contributed by atoms with Crippen LogP contribution in [0.3, 0.4) is 0 Å². The molecule has 5 nitrogen and oxygen atoms in total. The van der Waals surface area contributed by atoms with E-state index >= 15 is 0 Å². The molecule has 0 atom stereocenters. The van der Waals surface area contributed by atoms with Crippen LogP contribution in [-0.4, -0.2) is 9.97 Å². The summed E-state index contributed by atoms with van der Waals surface area (Å²) in [5.74, 6) is 0.189.